The number of aromatic nitrogens is 3. The van der Waals surface area contributed by atoms with E-state index in [1.54, 1.807) is 0 Å². The highest BCUT2D eigenvalue weighted by Crippen LogP contribution is 2.30. The maximum atomic E-state index is 5.52. The van der Waals surface area contributed by atoms with Gasteiger partial charge < -0.3 is 15.0 Å². The zero-order chi connectivity index (χ0) is 13.7. The largest absolute Gasteiger partial charge is 0.463 e. The van der Waals surface area contributed by atoms with Gasteiger partial charge >= 0.3 is 6.01 Å². The van der Waals surface area contributed by atoms with Gasteiger partial charge in [-0.2, -0.15) is 15.0 Å². The van der Waals surface area contributed by atoms with Gasteiger partial charge in [-0.25, -0.2) is 0 Å². The van der Waals surface area contributed by atoms with Crippen molar-refractivity contribution in [3.8, 4) is 6.01 Å². The van der Waals surface area contributed by atoms with Gasteiger partial charge in [-0.05, 0) is 32.1 Å². The molecule has 0 bridgehead atoms. The minimum Gasteiger partial charge on any atom is -0.463 e. The van der Waals surface area contributed by atoms with E-state index in [-0.39, 0.29) is 0 Å². The van der Waals surface area contributed by atoms with Gasteiger partial charge in [0.05, 0.1) is 6.61 Å². The predicted octanol–water partition coefficient (Wildman–Crippen LogP) is 1.94. The molecular formula is C13H23N5O. The van der Waals surface area contributed by atoms with Crippen LogP contribution < -0.4 is 15.0 Å². The number of anilines is 2. The van der Waals surface area contributed by atoms with Crippen LogP contribution in [0.25, 0.3) is 0 Å². The summed E-state index contributed by atoms with van der Waals surface area (Å²) in [5, 5.41) is 3.12. The molecule has 0 spiro atoms. The Morgan fingerprint density at radius 3 is 2.68 bits per heavy atom. The summed E-state index contributed by atoms with van der Waals surface area (Å²) in [6, 6.07) is 0.408. The van der Waals surface area contributed by atoms with Crippen LogP contribution in [0.3, 0.4) is 0 Å². The second kappa shape index (κ2) is 6.54. The van der Waals surface area contributed by atoms with Gasteiger partial charge in [-0.15, -0.1) is 0 Å². The molecule has 106 valence electrons. The monoisotopic (exact) mass is 265 g/mol. The molecular weight excluding hydrogens is 242 g/mol. The van der Waals surface area contributed by atoms with E-state index < -0.39 is 0 Å². The lowest BCUT2D eigenvalue weighted by Crippen LogP contribution is -2.23. The lowest BCUT2D eigenvalue weighted by Gasteiger charge is -2.17. The Morgan fingerprint density at radius 2 is 2.05 bits per heavy atom. The van der Waals surface area contributed by atoms with E-state index in [0.717, 1.165) is 25.4 Å². The number of ether oxygens (including phenoxy) is 1. The van der Waals surface area contributed by atoms with Crippen LogP contribution in [0.1, 0.15) is 33.1 Å². The Hall–Kier alpha value is -1.59. The average molecular weight is 265 g/mol. The van der Waals surface area contributed by atoms with Crippen LogP contribution in [0.2, 0.25) is 0 Å². The molecule has 1 aromatic rings. The summed E-state index contributed by atoms with van der Waals surface area (Å²) in [7, 11) is 2.02. The summed E-state index contributed by atoms with van der Waals surface area (Å²) in [4.78, 5) is 15.1. The zero-order valence-electron chi connectivity index (χ0n) is 12.0. The standard InChI is InChI=1S/C13H23N5O/c1-4-8-19-13-16-11(14-5-2)15-12(17-13)18(3)9-10-6-7-10/h10H,4-9H2,1-3H3,(H,14,15,16,17). The smallest absolute Gasteiger partial charge is 0.323 e. The van der Waals surface area contributed by atoms with Gasteiger partial charge in [0.1, 0.15) is 0 Å². The Balaban J connectivity index is 2.11. The Kier molecular flexibility index (Phi) is 4.76. The number of nitrogens with one attached hydrogen (secondary N) is 1. The number of rotatable bonds is 8. The first kappa shape index (κ1) is 13.8. The molecule has 0 radical (unpaired) electrons. The van der Waals surface area contributed by atoms with Crippen LogP contribution in [0.5, 0.6) is 6.01 Å². The third-order valence-corrected chi connectivity index (χ3v) is 2.94. The highest BCUT2D eigenvalue weighted by Gasteiger charge is 2.24. The molecule has 19 heavy (non-hydrogen) atoms. The quantitative estimate of drug-likeness (QED) is 0.775. The molecule has 1 fully saturated rings. The summed E-state index contributed by atoms with van der Waals surface area (Å²) in [5.41, 5.74) is 0. The van der Waals surface area contributed by atoms with Crippen molar-refractivity contribution in [1.82, 2.24) is 15.0 Å². The van der Waals surface area contributed by atoms with Crippen LogP contribution >= 0.6 is 0 Å². The molecule has 0 amide bonds. The molecule has 1 saturated carbocycles. The van der Waals surface area contributed by atoms with Gasteiger partial charge in [-0.1, -0.05) is 6.92 Å². The van der Waals surface area contributed by atoms with E-state index in [0.29, 0.717) is 24.5 Å². The van der Waals surface area contributed by atoms with Gasteiger partial charge in [0.2, 0.25) is 11.9 Å². The first-order valence-corrected chi connectivity index (χ1v) is 7.06. The van der Waals surface area contributed by atoms with E-state index in [9.17, 15) is 0 Å². The third kappa shape index (κ3) is 4.22. The number of nitrogens with zero attached hydrogens (tertiary/aromatic N) is 4. The first-order chi connectivity index (χ1) is 9.22. The summed E-state index contributed by atoms with van der Waals surface area (Å²) in [6.07, 6.45) is 3.57. The second-order valence-corrected chi connectivity index (χ2v) is 4.94. The molecule has 0 aromatic carbocycles. The molecule has 1 aliphatic rings. The molecule has 1 aromatic heterocycles. The molecule has 2 rings (SSSR count). The third-order valence-electron chi connectivity index (χ3n) is 2.94. The summed E-state index contributed by atoms with van der Waals surface area (Å²) >= 11 is 0. The summed E-state index contributed by atoms with van der Waals surface area (Å²) in [5.74, 6) is 2.06. The lowest BCUT2D eigenvalue weighted by atomic mass is 10.4. The Morgan fingerprint density at radius 1 is 1.26 bits per heavy atom. The fraction of sp³-hybridized carbons (Fsp3) is 0.769. The zero-order valence-corrected chi connectivity index (χ0v) is 12.0. The fourth-order valence-electron chi connectivity index (χ4n) is 1.78. The molecule has 1 N–H and O–H groups in total. The fourth-order valence-corrected chi connectivity index (χ4v) is 1.78. The molecule has 1 heterocycles. The number of hydrogen-bond donors (Lipinski definition) is 1. The minimum absolute atomic E-state index is 0.408. The van der Waals surface area contributed by atoms with Crippen molar-refractivity contribution >= 4 is 11.9 Å². The van der Waals surface area contributed by atoms with Gasteiger partial charge in [0.25, 0.3) is 0 Å². The van der Waals surface area contributed by atoms with Crippen molar-refractivity contribution in [2.24, 2.45) is 5.92 Å². The van der Waals surface area contributed by atoms with Crippen molar-refractivity contribution in [2.45, 2.75) is 33.1 Å². The van der Waals surface area contributed by atoms with E-state index in [1.165, 1.54) is 12.8 Å². The Labute approximate surface area is 114 Å². The highest BCUT2D eigenvalue weighted by atomic mass is 16.5. The van der Waals surface area contributed by atoms with Crippen molar-refractivity contribution < 1.29 is 4.74 Å². The van der Waals surface area contributed by atoms with Gasteiger partial charge in [0.15, 0.2) is 0 Å². The maximum Gasteiger partial charge on any atom is 0.323 e. The van der Waals surface area contributed by atoms with E-state index in [1.807, 2.05) is 14.0 Å². The average Bonchev–Trinajstić information content (AvgIpc) is 3.20. The predicted molar refractivity (Wildman–Crippen MR) is 75.8 cm³/mol. The van der Waals surface area contributed by atoms with Crippen LogP contribution in [-0.2, 0) is 0 Å². The van der Waals surface area contributed by atoms with E-state index in [2.05, 4.69) is 32.1 Å². The SMILES string of the molecule is CCCOc1nc(NCC)nc(N(C)CC2CC2)n1. The summed E-state index contributed by atoms with van der Waals surface area (Å²) in [6.45, 7) is 6.49. The van der Waals surface area contributed by atoms with Crippen molar-refractivity contribution in [1.29, 1.82) is 0 Å². The number of hydrogen-bond acceptors (Lipinski definition) is 6. The van der Waals surface area contributed by atoms with Crippen molar-refractivity contribution in [2.75, 3.05) is 37.0 Å². The van der Waals surface area contributed by atoms with Crippen molar-refractivity contribution in [3.05, 3.63) is 0 Å². The summed E-state index contributed by atoms with van der Waals surface area (Å²) < 4.78 is 5.52. The highest BCUT2D eigenvalue weighted by molar-refractivity contribution is 5.37. The molecule has 0 saturated heterocycles. The van der Waals surface area contributed by atoms with Crippen LogP contribution in [0, 0.1) is 5.92 Å². The molecule has 0 unspecified atom stereocenters. The lowest BCUT2D eigenvalue weighted by molar-refractivity contribution is 0.292. The molecule has 6 nitrogen and oxygen atoms in total. The van der Waals surface area contributed by atoms with E-state index >= 15 is 0 Å². The normalized spacial score (nSPS) is 14.3. The van der Waals surface area contributed by atoms with Crippen LogP contribution in [0.4, 0.5) is 11.9 Å². The topological polar surface area (TPSA) is 63.2 Å². The first-order valence-electron chi connectivity index (χ1n) is 7.06. The van der Waals surface area contributed by atoms with E-state index in [4.69, 9.17) is 4.74 Å². The van der Waals surface area contributed by atoms with Crippen LogP contribution in [-0.4, -0.2) is 41.7 Å². The van der Waals surface area contributed by atoms with Gasteiger partial charge in [0, 0.05) is 20.1 Å². The van der Waals surface area contributed by atoms with Gasteiger partial charge in [-0.3, -0.25) is 0 Å². The molecule has 0 aliphatic heterocycles. The molecule has 6 heteroatoms. The molecule has 1 aliphatic carbocycles. The molecule has 0 atom stereocenters. The minimum atomic E-state index is 0.408. The Bertz CT molecular complexity index is 408. The van der Waals surface area contributed by atoms with Crippen molar-refractivity contribution in [3.63, 3.8) is 0 Å². The van der Waals surface area contributed by atoms with Crippen LogP contribution in [0.15, 0.2) is 0 Å². The maximum absolute atomic E-state index is 5.52. The second-order valence-electron chi connectivity index (χ2n) is 4.94.